The fourth-order valence-electron chi connectivity index (χ4n) is 2.95. The first-order valence-corrected chi connectivity index (χ1v) is 8.67. The smallest absolute Gasteiger partial charge is 0.335 e. The van der Waals surface area contributed by atoms with Gasteiger partial charge in [0.1, 0.15) is 12.4 Å². The zero-order valence-corrected chi connectivity index (χ0v) is 15.0. The highest BCUT2D eigenvalue weighted by Crippen LogP contribution is 2.26. The van der Waals surface area contributed by atoms with E-state index in [4.69, 9.17) is 9.84 Å². The molecule has 0 bridgehead atoms. The molecule has 0 aliphatic carbocycles. The van der Waals surface area contributed by atoms with E-state index in [9.17, 15) is 4.79 Å². The zero-order valence-electron chi connectivity index (χ0n) is 15.0. The summed E-state index contributed by atoms with van der Waals surface area (Å²) in [6.07, 6.45) is 6.41. The van der Waals surface area contributed by atoms with Gasteiger partial charge in [-0.05, 0) is 73.9 Å². The lowest BCUT2D eigenvalue weighted by Crippen LogP contribution is -2.03. The predicted molar refractivity (Wildman–Crippen MR) is 101 cm³/mol. The minimum atomic E-state index is -0.915. The van der Waals surface area contributed by atoms with E-state index in [0.29, 0.717) is 12.2 Å². The Bertz CT molecular complexity index is 724. The summed E-state index contributed by atoms with van der Waals surface area (Å²) >= 11 is 0. The van der Waals surface area contributed by atoms with Gasteiger partial charge in [0.15, 0.2) is 0 Å². The quantitative estimate of drug-likeness (QED) is 0.486. The third-order valence-electron chi connectivity index (χ3n) is 4.21. The summed E-state index contributed by atoms with van der Waals surface area (Å²) in [5.74, 6) is -0.150. The Hall–Kier alpha value is -2.55. The van der Waals surface area contributed by atoms with Crippen molar-refractivity contribution in [3.05, 3.63) is 76.9 Å². The van der Waals surface area contributed by atoms with Crippen LogP contribution in [-0.2, 0) is 13.0 Å². The Morgan fingerprint density at radius 3 is 2.44 bits per heavy atom. The van der Waals surface area contributed by atoms with Gasteiger partial charge in [-0.3, -0.25) is 0 Å². The van der Waals surface area contributed by atoms with E-state index in [2.05, 4.69) is 30.8 Å². The monoisotopic (exact) mass is 338 g/mol. The van der Waals surface area contributed by atoms with Crippen LogP contribution in [0, 0.1) is 13.8 Å². The van der Waals surface area contributed by atoms with Crippen LogP contribution < -0.4 is 4.74 Å². The maximum Gasteiger partial charge on any atom is 0.335 e. The third kappa shape index (κ3) is 5.49. The summed E-state index contributed by atoms with van der Waals surface area (Å²) < 4.78 is 5.98. The Morgan fingerprint density at radius 1 is 1.12 bits per heavy atom. The number of carboxylic acids is 1. The van der Waals surface area contributed by atoms with E-state index in [-0.39, 0.29) is 0 Å². The number of rotatable bonds is 9. The van der Waals surface area contributed by atoms with Crippen LogP contribution in [0.2, 0.25) is 0 Å². The van der Waals surface area contributed by atoms with Crippen molar-refractivity contribution >= 4 is 5.97 Å². The number of benzene rings is 2. The average molecular weight is 338 g/mol. The molecule has 0 unspecified atom stereocenters. The topological polar surface area (TPSA) is 46.5 Å². The number of unbranched alkanes of at least 4 members (excludes halogenated alkanes) is 2. The van der Waals surface area contributed by atoms with Crippen molar-refractivity contribution in [3.63, 3.8) is 0 Å². The lowest BCUT2D eigenvalue weighted by molar-refractivity contribution is 0.0696. The highest BCUT2D eigenvalue weighted by atomic mass is 16.5. The molecule has 3 heteroatoms. The zero-order chi connectivity index (χ0) is 18.2. The Morgan fingerprint density at radius 2 is 1.80 bits per heavy atom. The number of hydrogen-bond donors (Lipinski definition) is 1. The van der Waals surface area contributed by atoms with Crippen molar-refractivity contribution in [1.82, 2.24) is 0 Å². The van der Waals surface area contributed by atoms with Crippen LogP contribution in [0.5, 0.6) is 5.75 Å². The second-order valence-electron chi connectivity index (χ2n) is 6.39. The first kappa shape index (κ1) is 18.8. The Labute approximate surface area is 150 Å². The molecular weight excluding hydrogens is 312 g/mol. The maximum atomic E-state index is 11.1. The van der Waals surface area contributed by atoms with E-state index >= 15 is 0 Å². The summed E-state index contributed by atoms with van der Waals surface area (Å²) in [5.41, 5.74) is 4.43. The van der Waals surface area contributed by atoms with E-state index < -0.39 is 5.97 Å². The fourth-order valence-corrected chi connectivity index (χ4v) is 2.95. The SMILES string of the molecule is C=CCCCCc1cccc(COc2c(C)cc(C(=O)O)cc2C)c1. The van der Waals surface area contributed by atoms with Crippen LogP contribution in [0.25, 0.3) is 0 Å². The number of aryl methyl sites for hydroxylation is 3. The number of ether oxygens (including phenoxy) is 1. The molecule has 25 heavy (non-hydrogen) atoms. The normalized spacial score (nSPS) is 10.5. The molecule has 3 nitrogen and oxygen atoms in total. The Kier molecular flexibility index (Phi) is 6.81. The first-order valence-electron chi connectivity index (χ1n) is 8.67. The minimum absolute atomic E-state index is 0.295. The summed E-state index contributed by atoms with van der Waals surface area (Å²) in [6.45, 7) is 7.99. The van der Waals surface area contributed by atoms with Gasteiger partial charge in [0.05, 0.1) is 5.56 Å². The van der Waals surface area contributed by atoms with Gasteiger partial charge in [-0.25, -0.2) is 4.79 Å². The third-order valence-corrected chi connectivity index (χ3v) is 4.21. The molecule has 0 aromatic heterocycles. The van der Waals surface area contributed by atoms with E-state index in [1.165, 1.54) is 12.0 Å². The maximum absolute atomic E-state index is 11.1. The molecule has 2 aromatic rings. The van der Waals surface area contributed by atoms with Crippen molar-refractivity contribution in [2.75, 3.05) is 0 Å². The molecule has 0 saturated heterocycles. The van der Waals surface area contributed by atoms with E-state index in [1.54, 1.807) is 12.1 Å². The van der Waals surface area contributed by atoms with E-state index in [0.717, 1.165) is 41.7 Å². The molecule has 132 valence electrons. The lowest BCUT2D eigenvalue weighted by Gasteiger charge is -2.14. The summed E-state index contributed by atoms with van der Waals surface area (Å²) in [4.78, 5) is 11.1. The van der Waals surface area contributed by atoms with Gasteiger partial charge < -0.3 is 9.84 Å². The molecule has 0 fully saturated rings. The largest absolute Gasteiger partial charge is 0.488 e. The second kappa shape index (κ2) is 9.07. The van der Waals surface area contributed by atoms with Crippen molar-refractivity contribution in [1.29, 1.82) is 0 Å². The van der Waals surface area contributed by atoms with Crippen LogP contribution >= 0.6 is 0 Å². The average Bonchev–Trinajstić information content (AvgIpc) is 2.58. The molecule has 2 rings (SSSR count). The van der Waals surface area contributed by atoms with Crippen LogP contribution in [0.4, 0.5) is 0 Å². The summed E-state index contributed by atoms with van der Waals surface area (Å²) in [7, 11) is 0. The minimum Gasteiger partial charge on any atom is -0.488 e. The number of aromatic carboxylic acids is 1. The molecular formula is C22H26O3. The van der Waals surface area contributed by atoms with Gasteiger partial charge in [0, 0.05) is 0 Å². The molecule has 0 radical (unpaired) electrons. The molecule has 0 aliphatic heterocycles. The molecule has 0 spiro atoms. The standard InChI is InChI=1S/C22H26O3/c1-4-5-6-7-9-18-10-8-11-19(14-18)15-25-21-16(2)12-20(22(23)24)13-17(21)3/h4,8,10-14H,1,5-7,9,15H2,2-3H3,(H,23,24). The van der Waals surface area contributed by atoms with Gasteiger partial charge in [-0.1, -0.05) is 30.3 Å². The van der Waals surface area contributed by atoms with Crippen molar-refractivity contribution in [2.24, 2.45) is 0 Å². The highest BCUT2D eigenvalue weighted by molar-refractivity contribution is 5.88. The van der Waals surface area contributed by atoms with Gasteiger partial charge >= 0.3 is 5.97 Å². The lowest BCUT2D eigenvalue weighted by atomic mass is 10.0. The number of allylic oxidation sites excluding steroid dienone is 1. The predicted octanol–water partition coefficient (Wildman–Crippen LogP) is 5.48. The van der Waals surface area contributed by atoms with Crippen LogP contribution in [0.1, 0.15) is 51.9 Å². The molecule has 0 aliphatic rings. The molecule has 2 aromatic carbocycles. The Balaban J connectivity index is 2.01. The summed E-state index contributed by atoms with van der Waals surface area (Å²) in [6, 6.07) is 11.8. The molecule has 0 saturated carbocycles. The second-order valence-corrected chi connectivity index (χ2v) is 6.39. The van der Waals surface area contributed by atoms with Crippen LogP contribution in [-0.4, -0.2) is 11.1 Å². The highest BCUT2D eigenvalue weighted by Gasteiger charge is 2.11. The van der Waals surface area contributed by atoms with Crippen LogP contribution in [0.15, 0.2) is 49.1 Å². The van der Waals surface area contributed by atoms with Gasteiger partial charge in [0.25, 0.3) is 0 Å². The van der Waals surface area contributed by atoms with Crippen molar-refractivity contribution in [2.45, 2.75) is 46.1 Å². The number of carbonyl (C=O) groups is 1. The van der Waals surface area contributed by atoms with Gasteiger partial charge in [-0.15, -0.1) is 6.58 Å². The summed E-state index contributed by atoms with van der Waals surface area (Å²) in [5, 5.41) is 9.12. The number of hydrogen-bond acceptors (Lipinski definition) is 2. The molecule has 0 amide bonds. The number of carboxylic acid groups (broad SMARTS) is 1. The van der Waals surface area contributed by atoms with Crippen molar-refractivity contribution < 1.29 is 14.6 Å². The fraction of sp³-hybridized carbons (Fsp3) is 0.318. The first-order chi connectivity index (χ1) is 12.0. The molecule has 0 heterocycles. The molecule has 1 N–H and O–H groups in total. The van der Waals surface area contributed by atoms with Gasteiger partial charge in [-0.2, -0.15) is 0 Å². The van der Waals surface area contributed by atoms with Crippen LogP contribution in [0.3, 0.4) is 0 Å². The van der Waals surface area contributed by atoms with E-state index in [1.807, 2.05) is 19.9 Å². The molecule has 0 atom stereocenters. The van der Waals surface area contributed by atoms with Gasteiger partial charge in [0.2, 0.25) is 0 Å². The van der Waals surface area contributed by atoms with Crippen molar-refractivity contribution in [3.8, 4) is 5.75 Å².